The Kier molecular flexibility index (Phi) is 12.7. The van der Waals surface area contributed by atoms with E-state index >= 15 is 0 Å². The minimum Gasteiger partial charge on any atom is -0.502 e. The van der Waals surface area contributed by atoms with E-state index in [-0.39, 0.29) is 23.7 Å². The molecule has 1 rings (SSSR count). The summed E-state index contributed by atoms with van der Waals surface area (Å²) in [5.41, 5.74) is 0.339. The first-order valence-electron chi connectivity index (χ1n) is 12.7. The fourth-order valence-electron chi connectivity index (χ4n) is 3.84. The Morgan fingerprint density at radius 3 is 2.46 bits per heavy atom. The van der Waals surface area contributed by atoms with Gasteiger partial charge >= 0.3 is 11.8 Å². The number of allylic oxidation sites excluding steroid dienone is 2. The van der Waals surface area contributed by atoms with Crippen LogP contribution in [0.4, 0.5) is 4.39 Å². The van der Waals surface area contributed by atoms with Crippen LogP contribution in [0, 0.1) is 12.3 Å². The number of aryl methyl sites for hydroxylation is 1. The molecule has 1 aromatic rings. The molecule has 9 nitrogen and oxygen atoms in total. The van der Waals surface area contributed by atoms with Crippen molar-refractivity contribution in [1.82, 2.24) is 24.7 Å². The van der Waals surface area contributed by atoms with Gasteiger partial charge in [0.1, 0.15) is 18.2 Å². The van der Waals surface area contributed by atoms with Crippen LogP contribution in [0.15, 0.2) is 28.6 Å². The van der Waals surface area contributed by atoms with E-state index in [9.17, 15) is 23.9 Å². The molecule has 2 amide bonds. The van der Waals surface area contributed by atoms with Crippen LogP contribution in [0.5, 0.6) is 5.75 Å². The summed E-state index contributed by atoms with van der Waals surface area (Å²) in [5.74, 6) is -1.03. The first kappa shape index (κ1) is 32.0. The minimum absolute atomic E-state index is 0.167. The van der Waals surface area contributed by atoms with E-state index in [0.29, 0.717) is 31.8 Å². The number of likely N-dealkylation sites (N-methyl/N-ethyl adjacent to an activating group) is 2. The van der Waals surface area contributed by atoms with E-state index in [4.69, 9.17) is 0 Å². The molecule has 0 bridgehead atoms. The highest BCUT2D eigenvalue weighted by Crippen LogP contribution is 2.27. The molecule has 0 aliphatic rings. The molecule has 1 unspecified atom stereocenters. The summed E-state index contributed by atoms with van der Waals surface area (Å²) in [4.78, 5) is 44.5. The number of halogens is 1. The number of aromatic nitrogens is 2. The molecule has 1 heterocycles. The Morgan fingerprint density at radius 1 is 1.24 bits per heavy atom. The zero-order valence-corrected chi connectivity index (χ0v) is 23.6. The van der Waals surface area contributed by atoms with Gasteiger partial charge < -0.3 is 20.2 Å². The average Bonchev–Trinajstić information content (AvgIpc) is 2.85. The van der Waals surface area contributed by atoms with Gasteiger partial charge in [-0.15, -0.1) is 0 Å². The largest absolute Gasteiger partial charge is 0.502 e. The standard InChI is InChI=1S/C27H44FN5O4/c1-9-11-21(12-10-15-28)16-29-17-22-23(34)24(35)33(20(3)30-22)18-27(4,5)14-13-19(2)32(8)26(37)25(36)31(6)7/h10-12,19,29,34H,9,13-18H2,1-8H3/b12-10-,21-11+. The lowest BCUT2D eigenvalue weighted by Crippen LogP contribution is -2.44. The van der Waals surface area contributed by atoms with E-state index < -0.39 is 29.8 Å². The molecule has 37 heavy (non-hydrogen) atoms. The van der Waals surface area contributed by atoms with E-state index in [1.165, 1.54) is 20.4 Å². The maximum atomic E-state index is 13.0. The Hall–Kier alpha value is -3.01. The molecule has 10 heteroatoms. The van der Waals surface area contributed by atoms with Crippen molar-refractivity contribution in [2.24, 2.45) is 5.41 Å². The topological polar surface area (TPSA) is 108 Å². The van der Waals surface area contributed by atoms with Gasteiger partial charge in [-0.3, -0.25) is 19.0 Å². The molecule has 0 radical (unpaired) electrons. The van der Waals surface area contributed by atoms with Crippen LogP contribution in [0.1, 0.15) is 58.5 Å². The van der Waals surface area contributed by atoms with Crippen LogP contribution in [0.3, 0.4) is 0 Å². The lowest BCUT2D eigenvalue weighted by molar-refractivity contribution is -0.150. The molecule has 0 saturated carbocycles. The number of rotatable bonds is 13. The van der Waals surface area contributed by atoms with E-state index in [1.54, 1.807) is 34.1 Å². The van der Waals surface area contributed by atoms with Crippen LogP contribution in [-0.4, -0.2) is 76.7 Å². The lowest BCUT2D eigenvalue weighted by atomic mass is 9.86. The van der Waals surface area contributed by atoms with Crippen molar-refractivity contribution in [2.75, 3.05) is 34.4 Å². The van der Waals surface area contributed by atoms with E-state index in [1.807, 2.05) is 33.8 Å². The van der Waals surface area contributed by atoms with Crippen LogP contribution in [-0.2, 0) is 22.7 Å². The van der Waals surface area contributed by atoms with Gasteiger partial charge in [-0.1, -0.05) is 39.0 Å². The van der Waals surface area contributed by atoms with Crippen LogP contribution >= 0.6 is 0 Å². The molecule has 0 spiro atoms. The van der Waals surface area contributed by atoms with Crippen molar-refractivity contribution in [3.8, 4) is 5.75 Å². The van der Waals surface area contributed by atoms with Crippen molar-refractivity contribution >= 4 is 11.8 Å². The predicted octanol–water partition coefficient (Wildman–Crippen LogP) is 2.95. The summed E-state index contributed by atoms with van der Waals surface area (Å²) in [6, 6.07) is -0.167. The molecule has 1 atom stereocenters. The Morgan fingerprint density at radius 2 is 1.89 bits per heavy atom. The molecule has 0 saturated heterocycles. The fourth-order valence-corrected chi connectivity index (χ4v) is 3.84. The number of hydrogen-bond acceptors (Lipinski definition) is 6. The molecular formula is C27H44FN5O4. The number of alkyl halides is 1. The summed E-state index contributed by atoms with van der Waals surface area (Å²) in [7, 11) is 4.70. The van der Waals surface area contributed by atoms with Gasteiger partial charge in [0, 0.05) is 46.8 Å². The summed E-state index contributed by atoms with van der Waals surface area (Å²) >= 11 is 0. The minimum atomic E-state index is -0.569. The number of hydrogen-bond donors (Lipinski definition) is 2. The quantitative estimate of drug-likeness (QED) is 0.305. The predicted molar refractivity (Wildman–Crippen MR) is 144 cm³/mol. The van der Waals surface area contributed by atoms with Crippen LogP contribution in [0.25, 0.3) is 0 Å². The average molecular weight is 522 g/mol. The van der Waals surface area contributed by atoms with Gasteiger partial charge in [-0.05, 0) is 44.1 Å². The second kappa shape index (κ2) is 14.7. The third kappa shape index (κ3) is 9.76. The van der Waals surface area contributed by atoms with Crippen molar-refractivity contribution in [1.29, 1.82) is 0 Å². The number of amides is 2. The number of nitrogens with one attached hydrogen (secondary N) is 1. The van der Waals surface area contributed by atoms with Crippen molar-refractivity contribution in [3.05, 3.63) is 45.7 Å². The molecular weight excluding hydrogens is 477 g/mol. The zero-order valence-electron chi connectivity index (χ0n) is 23.6. The second-order valence-electron chi connectivity index (χ2n) is 10.4. The third-order valence-electron chi connectivity index (χ3n) is 6.31. The maximum Gasteiger partial charge on any atom is 0.312 e. The lowest BCUT2D eigenvalue weighted by Gasteiger charge is -2.31. The summed E-state index contributed by atoms with van der Waals surface area (Å²) in [5, 5.41) is 13.7. The molecule has 0 aliphatic carbocycles. The van der Waals surface area contributed by atoms with Crippen molar-refractivity contribution in [2.45, 2.75) is 73.0 Å². The van der Waals surface area contributed by atoms with Gasteiger partial charge in [-0.2, -0.15) is 0 Å². The third-order valence-corrected chi connectivity index (χ3v) is 6.31. The molecule has 1 aromatic heterocycles. The Bertz CT molecular complexity index is 1050. The second-order valence-corrected chi connectivity index (χ2v) is 10.4. The van der Waals surface area contributed by atoms with Gasteiger partial charge in [0.15, 0.2) is 0 Å². The number of carbonyl (C=O) groups excluding carboxylic acids is 2. The fraction of sp³-hybridized carbons (Fsp3) is 0.630. The number of carbonyl (C=O) groups is 2. The molecule has 0 fully saturated rings. The highest BCUT2D eigenvalue weighted by molar-refractivity contribution is 6.34. The highest BCUT2D eigenvalue weighted by Gasteiger charge is 2.27. The summed E-state index contributed by atoms with van der Waals surface area (Å²) < 4.78 is 13.9. The SMILES string of the molecule is CC/C=C(\C=C/CF)CNCc1nc(C)n(CC(C)(C)CCC(C)N(C)C(=O)C(=O)N(C)C)c(=O)c1O. The van der Waals surface area contributed by atoms with Gasteiger partial charge in [0.25, 0.3) is 5.56 Å². The normalized spacial score (nSPS) is 13.2. The van der Waals surface area contributed by atoms with Crippen molar-refractivity contribution < 1.29 is 19.1 Å². The first-order valence-corrected chi connectivity index (χ1v) is 12.7. The molecule has 2 N–H and O–H groups in total. The summed E-state index contributed by atoms with van der Waals surface area (Å²) in [6.45, 7) is 10.1. The summed E-state index contributed by atoms with van der Waals surface area (Å²) in [6.07, 6.45) is 7.25. The van der Waals surface area contributed by atoms with Gasteiger partial charge in [0.2, 0.25) is 5.75 Å². The maximum absolute atomic E-state index is 13.0. The Balaban J connectivity index is 2.88. The first-order chi connectivity index (χ1) is 17.3. The smallest absolute Gasteiger partial charge is 0.312 e. The monoisotopic (exact) mass is 521 g/mol. The van der Waals surface area contributed by atoms with Crippen molar-refractivity contribution in [3.63, 3.8) is 0 Å². The molecule has 208 valence electrons. The molecule has 0 aliphatic heterocycles. The highest BCUT2D eigenvalue weighted by atomic mass is 19.1. The molecule has 0 aromatic carbocycles. The van der Waals surface area contributed by atoms with E-state index in [0.717, 1.165) is 12.0 Å². The zero-order chi connectivity index (χ0) is 28.3. The number of aromatic hydroxyl groups is 1. The van der Waals surface area contributed by atoms with Crippen LogP contribution < -0.4 is 10.9 Å². The number of nitrogens with zero attached hydrogens (tertiary/aromatic N) is 4. The van der Waals surface area contributed by atoms with Gasteiger partial charge in [-0.25, -0.2) is 9.37 Å². The van der Waals surface area contributed by atoms with Crippen LogP contribution in [0.2, 0.25) is 0 Å². The van der Waals surface area contributed by atoms with E-state index in [2.05, 4.69) is 10.3 Å². The van der Waals surface area contributed by atoms with Gasteiger partial charge in [0.05, 0.1) is 0 Å². The Labute approximate surface area is 220 Å².